The summed E-state index contributed by atoms with van der Waals surface area (Å²) in [6.45, 7) is 0.168. The second kappa shape index (κ2) is 7.09. The molecule has 3 heterocycles. The van der Waals surface area contributed by atoms with E-state index < -0.39 is 22.7 Å². The minimum absolute atomic E-state index is 0.0149. The van der Waals surface area contributed by atoms with Crippen molar-refractivity contribution in [3.63, 3.8) is 0 Å². The molecule has 0 aliphatic carbocycles. The van der Waals surface area contributed by atoms with Crippen molar-refractivity contribution in [3.05, 3.63) is 97.4 Å². The molecule has 9 nitrogen and oxygen atoms in total. The summed E-state index contributed by atoms with van der Waals surface area (Å²) >= 11 is 0. The lowest BCUT2D eigenvalue weighted by atomic mass is 10.1. The van der Waals surface area contributed by atoms with E-state index >= 15 is 0 Å². The molecule has 0 spiro atoms. The van der Waals surface area contributed by atoms with Gasteiger partial charge in [0.05, 0.1) is 6.54 Å². The number of fused-ring (bicyclic) bond motifs is 3. The molecular weight excluding hydrogens is 410 g/mol. The molecule has 0 fully saturated rings. The van der Waals surface area contributed by atoms with Crippen molar-refractivity contribution in [1.29, 1.82) is 0 Å². The lowest BCUT2D eigenvalue weighted by molar-refractivity contribution is 0.445. The van der Waals surface area contributed by atoms with E-state index in [4.69, 9.17) is 0 Å². The van der Waals surface area contributed by atoms with Gasteiger partial charge in [-0.2, -0.15) is 4.98 Å². The molecule has 0 unspecified atom stereocenters. The van der Waals surface area contributed by atoms with Gasteiger partial charge in [-0.3, -0.25) is 23.3 Å². The zero-order chi connectivity index (χ0) is 22.6. The van der Waals surface area contributed by atoms with Crippen LogP contribution in [0.5, 0.6) is 5.88 Å². The number of aryl methyl sites for hydroxylation is 1. The monoisotopic (exact) mass is 429 g/mol. The Morgan fingerprint density at radius 2 is 1.47 bits per heavy atom. The first-order chi connectivity index (χ1) is 15.4. The van der Waals surface area contributed by atoms with Crippen molar-refractivity contribution in [3.8, 4) is 17.0 Å². The summed E-state index contributed by atoms with van der Waals surface area (Å²) < 4.78 is 4.83. The highest BCUT2D eigenvalue weighted by atomic mass is 16.3. The average molecular weight is 429 g/mol. The normalized spacial score (nSPS) is 11.4. The molecular formula is C23H19N5O4. The molecule has 32 heavy (non-hydrogen) atoms. The number of hydrogen-bond acceptors (Lipinski definition) is 5. The second-order valence-corrected chi connectivity index (χ2v) is 7.57. The maximum atomic E-state index is 13.6. The Morgan fingerprint density at radius 1 is 0.844 bits per heavy atom. The molecule has 0 aliphatic rings. The first-order valence-corrected chi connectivity index (χ1v) is 9.93. The smallest absolute Gasteiger partial charge is 0.332 e. The van der Waals surface area contributed by atoms with Crippen LogP contribution in [-0.2, 0) is 20.6 Å². The van der Waals surface area contributed by atoms with Gasteiger partial charge in [0.15, 0.2) is 11.2 Å². The minimum atomic E-state index is -0.616. The number of rotatable bonds is 3. The Labute approximate surface area is 180 Å². The van der Waals surface area contributed by atoms with E-state index in [1.165, 1.54) is 27.6 Å². The average Bonchev–Trinajstić information content (AvgIpc) is 3.22. The highest BCUT2D eigenvalue weighted by molar-refractivity contribution is 5.79. The summed E-state index contributed by atoms with van der Waals surface area (Å²) in [4.78, 5) is 43.5. The topological polar surface area (TPSA) is 104 Å². The van der Waals surface area contributed by atoms with E-state index in [0.29, 0.717) is 5.56 Å². The molecule has 0 aliphatic heterocycles. The lowest BCUT2D eigenvalue weighted by Gasteiger charge is -2.13. The molecule has 0 atom stereocenters. The summed E-state index contributed by atoms with van der Waals surface area (Å²) in [6, 6.07) is 18.1. The highest BCUT2D eigenvalue weighted by Crippen LogP contribution is 2.28. The fourth-order valence-electron chi connectivity index (χ4n) is 3.96. The summed E-state index contributed by atoms with van der Waals surface area (Å²) in [6.07, 6.45) is 0. The standard InChI is InChI=1S/C23H19N5O4/c1-25-18-17(21(31)26(2)23(25)32)28-20(30)16(15-11-7-4-8-12-15)19(29)27(22(28)24-18)13-14-9-5-3-6-10-14/h3-12,30H,13H2,1-2H3. The van der Waals surface area contributed by atoms with E-state index in [1.807, 2.05) is 30.3 Å². The van der Waals surface area contributed by atoms with E-state index in [1.54, 1.807) is 30.3 Å². The minimum Gasteiger partial charge on any atom is -0.494 e. The molecule has 2 aromatic carbocycles. The third-order valence-corrected chi connectivity index (χ3v) is 5.62. The zero-order valence-electron chi connectivity index (χ0n) is 17.4. The molecule has 0 bridgehead atoms. The van der Waals surface area contributed by atoms with E-state index in [-0.39, 0.29) is 29.0 Å². The van der Waals surface area contributed by atoms with Gasteiger partial charge in [-0.15, -0.1) is 0 Å². The van der Waals surface area contributed by atoms with E-state index in [0.717, 1.165) is 10.1 Å². The summed E-state index contributed by atoms with van der Waals surface area (Å²) in [5, 5.41) is 11.2. The van der Waals surface area contributed by atoms with Crippen LogP contribution in [0.3, 0.4) is 0 Å². The quantitative estimate of drug-likeness (QED) is 0.468. The second-order valence-electron chi connectivity index (χ2n) is 7.57. The van der Waals surface area contributed by atoms with Crippen LogP contribution < -0.4 is 16.8 Å². The zero-order valence-corrected chi connectivity index (χ0v) is 17.4. The number of nitrogens with zero attached hydrogens (tertiary/aromatic N) is 5. The predicted molar refractivity (Wildman–Crippen MR) is 120 cm³/mol. The van der Waals surface area contributed by atoms with Gasteiger partial charge in [-0.25, -0.2) is 9.20 Å². The van der Waals surface area contributed by atoms with Crippen LogP contribution in [0.1, 0.15) is 5.56 Å². The van der Waals surface area contributed by atoms with Crippen LogP contribution in [0, 0.1) is 0 Å². The first-order valence-electron chi connectivity index (χ1n) is 9.93. The molecule has 0 saturated carbocycles. The van der Waals surface area contributed by atoms with Crippen molar-refractivity contribution in [1.82, 2.24) is 23.1 Å². The Kier molecular flexibility index (Phi) is 4.33. The fraction of sp³-hybridized carbons (Fsp3) is 0.130. The summed E-state index contributed by atoms with van der Waals surface area (Å²) in [7, 11) is 2.85. The van der Waals surface area contributed by atoms with Crippen LogP contribution in [0.2, 0.25) is 0 Å². The largest absolute Gasteiger partial charge is 0.494 e. The van der Waals surface area contributed by atoms with E-state index in [9.17, 15) is 19.5 Å². The van der Waals surface area contributed by atoms with Gasteiger partial charge in [0, 0.05) is 14.1 Å². The van der Waals surface area contributed by atoms with Gasteiger partial charge < -0.3 is 5.11 Å². The van der Waals surface area contributed by atoms with E-state index in [2.05, 4.69) is 4.98 Å². The van der Waals surface area contributed by atoms with Gasteiger partial charge in [0.2, 0.25) is 11.7 Å². The third-order valence-electron chi connectivity index (χ3n) is 5.62. The third kappa shape index (κ3) is 2.71. The molecule has 0 saturated heterocycles. The number of benzene rings is 2. The van der Waals surface area contributed by atoms with Gasteiger partial charge in [0.1, 0.15) is 5.56 Å². The maximum absolute atomic E-state index is 13.6. The fourth-order valence-corrected chi connectivity index (χ4v) is 3.96. The van der Waals surface area contributed by atoms with Crippen LogP contribution in [0.4, 0.5) is 0 Å². The molecule has 5 rings (SSSR count). The van der Waals surface area contributed by atoms with Crippen LogP contribution in [-0.4, -0.2) is 28.2 Å². The molecule has 3 aromatic heterocycles. The first kappa shape index (κ1) is 19.6. The maximum Gasteiger partial charge on any atom is 0.332 e. The number of aromatic hydroxyl groups is 1. The number of imidazole rings is 1. The number of aromatic nitrogens is 5. The van der Waals surface area contributed by atoms with Crippen molar-refractivity contribution < 1.29 is 5.11 Å². The van der Waals surface area contributed by atoms with Crippen LogP contribution in [0.25, 0.3) is 28.1 Å². The van der Waals surface area contributed by atoms with Crippen LogP contribution >= 0.6 is 0 Å². The van der Waals surface area contributed by atoms with Gasteiger partial charge in [-0.05, 0) is 11.1 Å². The lowest BCUT2D eigenvalue weighted by Crippen LogP contribution is -2.37. The van der Waals surface area contributed by atoms with Gasteiger partial charge >= 0.3 is 5.69 Å². The molecule has 1 N–H and O–H groups in total. The van der Waals surface area contributed by atoms with Crippen molar-refractivity contribution >= 4 is 16.9 Å². The molecule has 0 radical (unpaired) electrons. The summed E-state index contributed by atoms with van der Waals surface area (Å²) in [5.74, 6) is -0.330. The molecule has 0 amide bonds. The molecule has 160 valence electrons. The van der Waals surface area contributed by atoms with Gasteiger partial charge in [0.25, 0.3) is 11.1 Å². The van der Waals surface area contributed by atoms with Crippen LogP contribution in [0.15, 0.2) is 75.0 Å². The highest BCUT2D eigenvalue weighted by Gasteiger charge is 2.25. The predicted octanol–water partition coefficient (Wildman–Crippen LogP) is 1.47. The van der Waals surface area contributed by atoms with Gasteiger partial charge in [-0.1, -0.05) is 60.7 Å². The number of hydrogen-bond donors (Lipinski definition) is 1. The van der Waals surface area contributed by atoms with Crippen molar-refractivity contribution in [2.45, 2.75) is 6.54 Å². The molecule has 9 heteroatoms. The Morgan fingerprint density at radius 3 is 2.12 bits per heavy atom. The Balaban J connectivity index is 2.01. The summed E-state index contributed by atoms with van der Waals surface area (Å²) in [5.41, 5.74) is -0.134. The Bertz CT molecular complexity index is 1680. The molecule has 5 aromatic rings. The Hall–Kier alpha value is -4.40. The van der Waals surface area contributed by atoms with Crippen molar-refractivity contribution in [2.24, 2.45) is 14.1 Å². The SMILES string of the molecule is Cn1c(=O)c2c(nc3n(Cc4ccccc4)c(=O)c(-c4ccccc4)c(O)n23)n(C)c1=O. The van der Waals surface area contributed by atoms with Crippen molar-refractivity contribution in [2.75, 3.05) is 0 Å².